The number of carbonyl (C=O) groups excluding carboxylic acids is 2. The van der Waals surface area contributed by atoms with Crippen LogP contribution in [0.5, 0.6) is 0 Å². The van der Waals surface area contributed by atoms with Gasteiger partial charge in [0.05, 0.1) is 5.41 Å². The number of hydrogen-bond acceptors (Lipinski definition) is 4. The van der Waals surface area contributed by atoms with E-state index < -0.39 is 22.8 Å². The summed E-state index contributed by atoms with van der Waals surface area (Å²) >= 11 is 0. The number of benzene rings is 1. The van der Waals surface area contributed by atoms with Crippen molar-refractivity contribution in [3.05, 3.63) is 42.5 Å². The van der Waals surface area contributed by atoms with Crippen LogP contribution in [0.15, 0.2) is 36.9 Å². The van der Waals surface area contributed by atoms with E-state index in [-0.39, 0.29) is 31.2 Å². The number of nitrogens with one attached hydrogen (secondary N) is 2. The molecule has 1 heterocycles. The number of fused-ring (bicyclic) bond motifs is 1. The molecule has 27 heavy (non-hydrogen) atoms. The quantitative estimate of drug-likeness (QED) is 0.492. The van der Waals surface area contributed by atoms with E-state index in [2.05, 4.69) is 17.2 Å². The Balaban J connectivity index is 2.12. The van der Waals surface area contributed by atoms with Gasteiger partial charge in [-0.1, -0.05) is 38.1 Å². The second kappa shape index (κ2) is 7.92. The number of aliphatic carboxylic acids is 1. The smallest absolute Gasteiger partial charge is 0.320 e. The summed E-state index contributed by atoms with van der Waals surface area (Å²) in [5, 5.41) is 14.5. The van der Waals surface area contributed by atoms with Crippen molar-refractivity contribution in [1.29, 1.82) is 0 Å². The lowest BCUT2D eigenvalue weighted by Gasteiger charge is -2.41. The fourth-order valence-electron chi connectivity index (χ4n) is 3.59. The first-order chi connectivity index (χ1) is 12.7. The third-order valence-corrected chi connectivity index (χ3v) is 5.45. The summed E-state index contributed by atoms with van der Waals surface area (Å²) in [7, 11) is 0. The first-order valence-electron chi connectivity index (χ1n) is 8.95. The van der Waals surface area contributed by atoms with E-state index in [1.807, 2.05) is 38.1 Å². The molecule has 0 bridgehead atoms. The lowest BCUT2D eigenvalue weighted by Crippen LogP contribution is -2.48. The second-order valence-electron chi connectivity index (χ2n) is 7.41. The van der Waals surface area contributed by atoms with Crippen LogP contribution in [0.3, 0.4) is 0 Å². The van der Waals surface area contributed by atoms with Crippen LogP contribution >= 0.6 is 0 Å². The number of carboxylic acids is 1. The number of nitrogens with two attached hydrogens (primary N) is 1. The minimum absolute atomic E-state index is 0.0219. The third-order valence-electron chi connectivity index (χ3n) is 5.45. The maximum atomic E-state index is 13.0. The summed E-state index contributed by atoms with van der Waals surface area (Å²) < 4.78 is 0. The normalized spacial score (nSPS) is 19.7. The maximum Gasteiger partial charge on any atom is 0.320 e. The van der Waals surface area contributed by atoms with Crippen molar-refractivity contribution < 1.29 is 19.5 Å². The number of allylic oxidation sites excluding steroid dienone is 1. The van der Waals surface area contributed by atoms with Crippen LogP contribution in [0.4, 0.5) is 5.69 Å². The summed E-state index contributed by atoms with van der Waals surface area (Å²) in [6.07, 6.45) is 2.25. The molecule has 0 unspecified atom stereocenters. The lowest BCUT2D eigenvalue weighted by atomic mass is 9.60. The average molecular weight is 373 g/mol. The summed E-state index contributed by atoms with van der Waals surface area (Å²) in [6.45, 7) is 8.09. The number of para-hydroxylation sites is 1. The van der Waals surface area contributed by atoms with Gasteiger partial charge in [-0.05, 0) is 24.5 Å². The Hall–Kier alpha value is -2.67. The fraction of sp³-hybridized carbons (Fsp3) is 0.450. The van der Waals surface area contributed by atoms with E-state index in [9.17, 15) is 14.4 Å². The SMILES string of the molecule is C=CC(C)(C)[C@@]1(CCNC(=O)CC[C@H](N)C(=O)O)C(=O)Nc2ccccc21. The molecule has 1 aromatic carbocycles. The van der Waals surface area contributed by atoms with Crippen molar-refractivity contribution in [2.24, 2.45) is 11.1 Å². The predicted molar refractivity (Wildman–Crippen MR) is 103 cm³/mol. The van der Waals surface area contributed by atoms with Gasteiger partial charge in [-0.25, -0.2) is 0 Å². The molecular formula is C20H27N3O4. The largest absolute Gasteiger partial charge is 0.480 e. The highest BCUT2D eigenvalue weighted by atomic mass is 16.4. The van der Waals surface area contributed by atoms with Gasteiger partial charge in [0.15, 0.2) is 0 Å². The summed E-state index contributed by atoms with van der Waals surface area (Å²) in [6, 6.07) is 6.48. The molecule has 0 fully saturated rings. The zero-order valence-electron chi connectivity index (χ0n) is 15.7. The highest BCUT2D eigenvalue weighted by Gasteiger charge is 2.54. The molecule has 2 atom stereocenters. The van der Waals surface area contributed by atoms with Gasteiger partial charge in [0.1, 0.15) is 6.04 Å². The van der Waals surface area contributed by atoms with Gasteiger partial charge in [-0.3, -0.25) is 14.4 Å². The van der Waals surface area contributed by atoms with Crippen molar-refractivity contribution >= 4 is 23.5 Å². The van der Waals surface area contributed by atoms with E-state index in [0.29, 0.717) is 6.42 Å². The molecule has 0 aliphatic carbocycles. The molecule has 1 aromatic rings. The second-order valence-corrected chi connectivity index (χ2v) is 7.41. The molecular weight excluding hydrogens is 346 g/mol. The zero-order chi connectivity index (χ0) is 20.2. The first-order valence-corrected chi connectivity index (χ1v) is 8.95. The predicted octanol–water partition coefficient (Wildman–Crippen LogP) is 1.79. The van der Waals surface area contributed by atoms with E-state index in [1.165, 1.54) is 0 Å². The molecule has 146 valence electrons. The average Bonchev–Trinajstić information content (AvgIpc) is 2.92. The van der Waals surface area contributed by atoms with Crippen molar-refractivity contribution in [1.82, 2.24) is 5.32 Å². The Labute approximate surface area is 159 Å². The van der Waals surface area contributed by atoms with Gasteiger partial charge in [-0.2, -0.15) is 0 Å². The van der Waals surface area contributed by atoms with Crippen LogP contribution < -0.4 is 16.4 Å². The molecule has 0 saturated heterocycles. The Morgan fingerprint density at radius 2 is 2.07 bits per heavy atom. The molecule has 0 saturated carbocycles. The number of carbonyl (C=O) groups is 3. The minimum atomic E-state index is -1.13. The van der Waals surface area contributed by atoms with Gasteiger partial charge in [0, 0.05) is 24.1 Å². The number of anilines is 1. The molecule has 5 N–H and O–H groups in total. The molecule has 1 aliphatic rings. The lowest BCUT2D eigenvalue weighted by molar-refractivity contribution is -0.138. The van der Waals surface area contributed by atoms with Crippen LogP contribution in [0.1, 0.15) is 38.7 Å². The Kier molecular flexibility index (Phi) is 6.05. The topological polar surface area (TPSA) is 122 Å². The van der Waals surface area contributed by atoms with Gasteiger partial charge >= 0.3 is 5.97 Å². The minimum Gasteiger partial charge on any atom is -0.480 e. The van der Waals surface area contributed by atoms with Gasteiger partial charge in [0.2, 0.25) is 11.8 Å². The van der Waals surface area contributed by atoms with E-state index in [0.717, 1.165) is 11.3 Å². The molecule has 2 rings (SSSR count). The summed E-state index contributed by atoms with van der Waals surface area (Å²) in [5.74, 6) is -1.53. The molecule has 0 aromatic heterocycles. The Bertz CT molecular complexity index is 759. The Morgan fingerprint density at radius 3 is 2.70 bits per heavy atom. The monoisotopic (exact) mass is 373 g/mol. The standard InChI is InChI=1S/C20H27N3O4/c1-4-19(2,3)20(13-7-5-6-8-15(13)23-18(20)27)11-12-22-16(24)10-9-14(21)17(25)26/h4-8,14H,1,9-12,21H2,2-3H3,(H,22,24)(H,23,27)(H,25,26)/t14-,20+/m0/s1. The van der Waals surface area contributed by atoms with Crippen molar-refractivity contribution in [3.63, 3.8) is 0 Å². The molecule has 7 heteroatoms. The molecule has 0 radical (unpaired) electrons. The van der Waals surface area contributed by atoms with E-state index >= 15 is 0 Å². The van der Waals surface area contributed by atoms with Gasteiger partial charge in [-0.15, -0.1) is 6.58 Å². The van der Waals surface area contributed by atoms with Crippen LogP contribution in [0.25, 0.3) is 0 Å². The number of amides is 2. The van der Waals surface area contributed by atoms with Crippen LogP contribution in [0, 0.1) is 5.41 Å². The molecule has 0 spiro atoms. The highest BCUT2D eigenvalue weighted by Crippen LogP contribution is 2.51. The van der Waals surface area contributed by atoms with Crippen molar-refractivity contribution in [2.45, 2.75) is 44.6 Å². The van der Waals surface area contributed by atoms with Crippen LogP contribution in [-0.4, -0.2) is 35.5 Å². The summed E-state index contributed by atoms with van der Waals surface area (Å²) in [4.78, 5) is 35.7. The first kappa shape index (κ1) is 20.6. The van der Waals surface area contributed by atoms with E-state index in [1.54, 1.807) is 6.08 Å². The maximum absolute atomic E-state index is 13.0. The number of rotatable bonds is 9. The molecule has 1 aliphatic heterocycles. The fourth-order valence-corrected chi connectivity index (χ4v) is 3.59. The molecule has 7 nitrogen and oxygen atoms in total. The zero-order valence-corrected chi connectivity index (χ0v) is 15.7. The van der Waals surface area contributed by atoms with Crippen molar-refractivity contribution in [2.75, 3.05) is 11.9 Å². The van der Waals surface area contributed by atoms with E-state index in [4.69, 9.17) is 10.8 Å². The summed E-state index contributed by atoms with van der Waals surface area (Å²) in [5.41, 5.74) is 5.69. The highest BCUT2D eigenvalue weighted by molar-refractivity contribution is 6.07. The Morgan fingerprint density at radius 1 is 1.41 bits per heavy atom. The molecule has 2 amide bonds. The number of carboxylic acid groups (broad SMARTS) is 1. The van der Waals surface area contributed by atoms with Crippen molar-refractivity contribution in [3.8, 4) is 0 Å². The van der Waals surface area contributed by atoms with Crippen LogP contribution in [-0.2, 0) is 19.8 Å². The van der Waals surface area contributed by atoms with Gasteiger partial charge in [0.25, 0.3) is 0 Å². The third kappa shape index (κ3) is 3.88. The number of hydrogen-bond donors (Lipinski definition) is 4. The van der Waals surface area contributed by atoms with Gasteiger partial charge < -0.3 is 21.5 Å². The van der Waals surface area contributed by atoms with Crippen LogP contribution in [0.2, 0.25) is 0 Å².